The lowest BCUT2D eigenvalue weighted by Gasteiger charge is -1.94. The van der Waals surface area contributed by atoms with E-state index in [-0.39, 0.29) is 5.76 Å². The van der Waals surface area contributed by atoms with Crippen LogP contribution in [0.5, 0.6) is 0 Å². The van der Waals surface area contributed by atoms with Crippen molar-refractivity contribution in [1.29, 1.82) is 0 Å². The predicted octanol–water partition coefficient (Wildman–Crippen LogP) is 1.34. The molecule has 0 aliphatic heterocycles. The summed E-state index contributed by atoms with van der Waals surface area (Å²) in [6.45, 7) is 1.81. The molecule has 8 heteroatoms. The van der Waals surface area contributed by atoms with Crippen molar-refractivity contribution in [3.05, 3.63) is 28.7 Å². The first-order valence-electron chi connectivity index (χ1n) is 4.70. The second-order valence-electron chi connectivity index (χ2n) is 3.16. The molecule has 0 aromatic carbocycles. The minimum absolute atomic E-state index is 0.220. The van der Waals surface area contributed by atoms with Crippen molar-refractivity contribution in [2.75, 3.05) is 0 Å². The summed E-state index contributed by atoms with van der Waals surface area (Å²) in [5.41, 5.74) is 4.66. The summed E-state index contributed by atoms with van der Waals surface area (Å²) >= 11 is 3.03. The number of aryl methyl sites for hydroxylation is 1. The number of aromatic nitrogens is 2. The SMILES string of the molecule is Cc1oc(C(=O)NN)cc1CSc1nncs1. The molecule has 2 rings (SSSR count). The summed E-state index contributed by atoms with van der Waals surface area (Å²) in [4.78, 5) is 11.3. The van der Waals surface area contributed by atoms with Crippen LogP contribution in [-0.2, 0) is 5.75 Å². The van der Waals surface area contributed by atoms with Crippen molar-refractivity contribution in [2.45, 2.75) is 17.0 Å². The zero-order valence-corrected chi connectivity index (χ0v) is 10.6. The van der Waals surface area contributed by atoms with E-state index in [1.807, 2.05) is 12.3 Å². The van der Waals surface area contributed by atoms with Crippen LogP contribution in [0.25, 0.3) is 0 Å². The van der Waals surface area contributed by atoms with Gasteiger partial charge >= 0.3 is 5.91 Å². The maximum atomic E-state index is 11.3. The highest BCUT2D eigenvalue weighted by molar-refractivity contribution is 8.00. The summed E-state index contributed by atoms with van der Waals surface area (Å²) < 4.78 is 6.18. The Morgan fingerprint density at radius 1 is 1.71 bits per heavy atom. The van der Waals surface area contributed by atoms with E-state index in [0.29, 0.717) is 11.5 Å². The van der Waals surface area contributed by atoms with Crippen LogP contribution in [0.2, 0.25) is 0 Å². The number of hydrogen-bond donors (Lipinski definition) is 2. The van der Waals surface area contributed by atoms with Crippen molar-refractivity contribution in [2.24, 2.45) is 5.84 Å². The number of rotatable bonds is 4. The number of amides is 1. The van der Waals surface area contributed by atoms with Crippen molar-refractivity contribution in [3.63, 3.8) is 0 Å². The van der Waals surface area contributed by atoms with Crippen LogP contribution in [-0.4, -0.2) is 16.1 Å². The molecule has 0 aliphatic rings. The Kier molecular flexibility index (Phi) is 3.77. The Bertz CT molecular complexity index is 509. The number of nitrogens with one attached hydrogen (secondary N) is 1. The minimum Gasteiger partial charge on any atom is -0.456 e. The number of carbonyl (C=O) groups is 1. The van der Waals surface area contributed by atoms with E-state index in [0.717, 1.165) is 9.90 Å². The second kappa shape index (κ2) is 5.30. The summed E-state index contributed by atoms with van der Waals surface area (Å²) in [5, 5.41) is 7.67. The smallest absolute Gasteiger partial charge is 0.300 e. The number of carbonyl (C=O) groups excluding carboxylic acids is 1. The molecule has 0 aliphatic carbocycles. The van der Waals surface area contributed by atoms with Gasteiger partial charge in [-0.2, -0.15) is 0 Å². The van der Waals surface area contributed by atoms with Crippen LogP contribution in [0, 0.1) is 6.92 Å². The van der Waals surface area contributed by atoms with Crippen LogP contribution >= 0.6 is 23.1 Å². The summed E-state index contributed by atoms with van der Waals surface area (Å²) in [6, 6.07) is 1.69. The molecule has 0 bridgehead atoms. The van der Waals surface area contributed by atoms with Crippen molar-refractivity contribution in [3.8, 4) is 0 Å². The van der Waals surface area contributed by atoms with E-state index in [2.05, 4.69) is 10.2 Å². The summed E-state index contributed by atoms with van der Waals surface area (Å²) in [5.74, 6) is 6.21. The van der Waals surface area contributed by atoms with Gasteiger partial charge in [-0.3, -0.25) is 10.2 Å². The Labute approximate surface area is 106 Å². The molecule has 6 nitrogen and oxygen atoms in total. The van der Waals surface area contributed by atoms with E-state index in [4.69, 9.17) is 10.3 Å². The molecule has 0 fully saturated rings. The van der Waals surface area contributed by atoms with Gasteiger partial charge in [-0.25, -0.2) is 5.84 Å². The average molecular weight is 270 g/mol. The number of nitrogens with two attached hydrogens (primary N) is 1. The third-order valence-corrected chi connectivity index (χ3v) is 3.98. The van der Waals surface area contributed by atoms with Crippen LogP contribution in [0.4, 0.5) is 0 Å². The number of hydrazine groups is 1. The van der Waals surface area contributed by atoms with Gasteiger partial charge in [0.2, 0.25) is 0 Å². The number of nitrogens with zero attached hydrogens (tertiary/aromatic N) is 2. The van der Waals surface area contributed by atoms with E-state index in [1.165, 1.54) is 11.3 Å². The van der Waals surface area contributed by atoms with Crippen LogP contribution in [0.15, 0.2) is 20.3 Å². The highest BCUT2D eigenvalue weighted by Gasteiger charge is 2.13. The van der Waals surface area contributed by atoms with Gasteiger partial charge in [0.05, 0.1) is 0 Å². The largest absolute Gasteiger partial charge is 0.456 e. The van der Waals surface area contributed by atoms with E-state index >= 15 is 0 Å². The first-order valence-corrected chi connectivity index (χ1v) is 6.56. The molecule has 0 radical (unpaired) electrons. The van der Waals surface area contributed by atoms with Crippen LogP contribution in [0.1, 0.15) is 21.9 Å². The molecule has 2 aromatic rings. The fraction of sp³-hybridized carbons (Fsp3) is 0.222. The molecule has 3 N–H and O–H groups in total. The maximum Gasteiger partial charge on any atom is 0.300 e. The van der Waals surface area contributed by atoms with E-state index in [9.17, 15) is 4.79 Å². The fourth-order valence-electron chi connectivity index (χ4n) is 1.21. The molecule has 0 atom stereocenters. The lowest BCUT2D eigenvalue weighted by atomic mass is 10.3. The van der Waals surface area contributed by atoms with Crippen molar-refractivity contribution in [1.82, 2.24) is 15.6 Å². The standard InChI is InChI=1S/C9H10N4O2S2/c1-5-6(2-7(15-5)8(14)12-10)3-16-9-13-11-4-17-9/h2,4H,3,10H2,1H3,(H,12,14). The summed E-state index contributed by atoms with van der Waals surface area (Å²) in [6.07, 6.45) is 0. The van der Waals surface area contributed by atoms with Gasteiger partial charge in [-0.1, -0.05) is 23.1 Å². The monoisotopic (exact) mass is 270 g/mol. The van der Waals surface area contributed by atoms with Gasteiger partial charge in [0.1, 0.15) is 11.3 Å². The van der Waals surface area contributed by atoms with E-state index < -0.39 is 5.91 Å². The molecule has 17 heavy (non-hydrogen) atoms. The van der Waals surface area contributed by atoms with Crippen molar-refractivity contribution >= 4 is 29.0 Å². The Morgan fingerprint density at radius 2 is 2.53 bits per heavy atom. The van der Waals surface area contributed by atoms with Gasteiger partial charge in [0.25, 0.3) is 0 Å². The molecule has 2 heterocycles. The molecule has 0 unspecified atom stereocenters. The van der Waals surface area contributed by atoms with Gasteiger partial charge in [-0.05, 0) is 13.0 Å². The topological polar surface area (TPSA) is 94.0 Å². The average Bonchev–Trinajstić information content (AvgIpc) is 2.95. The number of furan rings is 1. The van der Waals surface area contributed by atoms with Crippen LogP contribution in [0.3, 0.4) is 0 Å². The Hall–Kier alpha value is -1.38. The quantitative estimate of drug-likeness (QED) is 0.377. The highest BCUT2D eigenvalue weighted by atomic mass is 32.2. The molecule has 0 spiro atoms. The minimum atomic E-state index is -0.430. The summed E-state index contributed by atoms with van der Waals surface area (Å²) in [7, 11) is 0. The molecular weight excluding hydrogens is 260 g/mol. The van der Waals surface area contributed by atoms with Gasteiger partial charge < -0.3 is 4.42 Å². The number of hydrogen-bond acceptors (Lipinski definition) is 7. The molecule has 0 saturated heterocycles. The predicted molar refractivity (Wildman–Crippen MR) is 64.6 cm³/mol. The third-order valence-electron chi connectivity index (χ3n) is 2.07. The van der Waals surface area contributed by atoms with Gasteiger partial charge in [0.15, 0.2) is 10.1 Å². The lowest BCUT2D eigenvalue weighted by Crippen LogP contribution is -2.29. The first-order chi connectivity index (χ1) is 8.20. The number of thioether (sulfide) groups is 1. The lowest BCUT2D eigenvalue weighted by molar-refractivity contribution is 0.0924. The molecule has 2 aromatic heterocycles. The van der Waals surface area contributed by atoms with Gasteiger partial charge in [0, 0.05) is 11.3 Å². The third kappa shape index (κ3) is 2.84. The maximum absolute atomic E-state index is 11.3. The Balaban J connectivity index is 2.06. The van der Waals surface area contributed by atoms with Crippen molar-refractivity contribution < 1.29 is 9.21 Å². The highest BCUT2D eigenvalue weighted by Crippen LogP contribution is 2.26. The van der Waals surface area contributed by atoms with E-state index in [1.54, 1.807) is 23.3 Å². The van der Waals surface area contributed by atoms with Gasteiger partial charge in [-0.15, -0.1) is 10.2 Å². The van der Waals surface area contributed by atoms with Crippen LogP contribution < -0.4 is 11.3 Å². The molecule has 90 valence electrons. The molecule has 0 saturated carbocycles. The normalized spacial score (nSPS) is 10.5. The fourth-order valence-corrected chi connectivity index (χ4v) is 2.74. The number of nitrogen functional groups attached to an aromatic ring is 1. The second-order valence-corrected chi connectivity index (χ2v) is 5.21. The zero-order valence-electron chi connectivity index (χ0n) is 8.97. The zero-order chi connectivity index (χ0) is 12.3. The Morgan fingerprint density at radius 3 is 3.18 bits per heavy atom. The first kappa shape index (κ1) is 12.1. The molecular formula is C9H10N4O2S2. The molecule has 1 amide bonds.